The quantitative estimate of drug-likeness (QED) is 0.491. The number of aryl methyl sites for hydroxylation is 1. The zero-order chi connectivity index (χ0) is 20.1. The van der Waals surface area contributed by atoms with Gasteiger partial charge in [-0.1, -0.05) is 54.1 Å². The first-order chi connectivity index (χ1) is 13.3. The Morgan fingerprint density at radius 1 is 1.00 bits per heavy atom. The van der Waals surface area contributed by atoms with Gasteiger partial charge in [-0.05, 0) is 30.2 Å². The van der Waals surface area contributed by atoms with Crippen LogP contribution in [-0.2, 0) is 6.18 Å². The lowest BCUT2D eigenvalue weighted by Crippen LogP contribution is -2.19. The summed E-state index contributed by atoms with van der Waals surface area (Å²) >= 11 is 6.00. The maximum absolute atomic E-state index is 13.7. The SMILES string of the molecule is Cc1nc2c(-c3ccccc3)c(C(F)(F)F)[nH]n2c(=O)c1-c1cccc(Cl)c1. The predicted octanol–water partition coefficient (Wildman–Crippen LogP) is 5.34. The first-order valence-electron chi connectivity index (χ1n) is 8.31. The molecule has 2 aromatic carbocycles. The number of alkyl halides is 3. The summed E-state index contributed by atoms with van der Waals surface area (Å²) in [6.07, 6.45) is -4.69. The van der Waals surface area contributed by atoms with E-state index in [0.29, 0.717) is 21.8 Å². The summed E-state index contributed by atoms with van der Waals surface area (Å²) in [4.78, 5) is 17.4. The van der Waals surface area contributed by atoms with Crippen LogP contribution in [-0.4, -0.2) is 14.6 Å². The molecular weight excluding hydrogens is 391 g/mol. The second-order valence-electron chi connectivity index (χ2n) is 6.27. The third-order valence-electron chi connectivity index (χ3n) is 4.42. The van der Waals surface area contributed by atoms with E-state index in [0.717, 1.165) is 4.52 Å². The molecule has 0 fully saturated rings. The van der Waals surface area contributed by atoms with Gasteiger partial charge in [0, 0.05) is 5.02 Å². The number of nitrogens with one attached hydrogen (secondary N) is 1. The standard InChI is InChI=1S/C20H13ClF3N3O/c1-11-15(13-8-5-9-14(21)10-13)19(28)27-18(25-11)16(12-6-3-2-4-7-12)17(26-27)20(22,23)24/h2-10,26H,1H3. The van der Waals surface area contributed by atoms with Gasteiger partial charge in [0.1, 0.15) is 5.69 Å². The van der Waals surface area contributed by atoms with Gasteiger partial charge in [0.05, 0.1) is 16.8 Å². The van der Waals surface area contributed by atoms with Gasteiger partial charge in [-0.3, -0.25) is 9.89 Å². The summed E-state index contributed by atoms with van der Waals surface area (Å²) in [5.74, 6) is 0. The molecule has 0 aliphatic carbocycles. The van der Waals surface area contributed by atoms with Crippen LogP contribution in [0.5, 0.6) is 0 Å². The number of benzene rings is 2. The van der Waals surface area contributed by atoms with Crippen LogP contribution in [0.25, 0.3) is 27.9 Å². The zero-order valence-electron chi connectivity index (χ0n) is 14.5. The molecule has 0 amide bonds. The first-order valence-corrected chi connectivity index (χ1v) is 8.69. The number of aromatic nitrogens is 3. The number of aromatic amines is 1. The molecule has 28 heavy (non-hydrogen) atoms. The maximum atomic E-state index is 13.7. The van der Waals surface area contributed by atoms with E-state index in [2.05, 4.69) is 10.1 Å². The molecule has 4 aromatic rings. The summed E-state index contributed by atoms with van der Waals surface area (Å²) in [7, 11) is 0. The fraction of sp³-hybridized carbons (Fsp3) is 0.100. The lowest BCUT2D eigenvalue weighted by molar-refractivity contribution is -0.140. The number of halogens is 4. The van der Waals surface area contributed by atoms with Crippen molar-refractivity contribution in [3.63, 3.8) is 0 Å². The van der Waals surface area contributed by atoms with Crippen LogP contribution in [0.3, 0.4) is 0 Å². The largest absolute Gasteiger partial charge is 0.433 e. The van der Waals surface area contributed by atoms with Crippen molar-refractivity contribution in [2.45, 2.75) is 13.1 Å². The minimum Gasteiger partial charge on any atom is -0.284 e. The molecule has 1 N–H and O–H groups in total. The molecular formula is C20H13ClF3N3O. The number of nitrogens with zero attached hydrogens (tertiary/aromatic N) is 2. The van der Waals surface area contributed by atoms with E-state index >= 15 is 0 Å². The van der Waals surface area contributed by atoms with Crippen LogP contribution < -0.4 is 5.56 Å². The fourth-order valence-electron chi connectivity index (χ4n) is 3.24. The average molecular weight is 404 g/mol. The van der Waals surface area contributed by atoms with Crippen LogP contribution in [0.4, 0.5) is 13.2 Å². The molecule has 0 unspecified atom stereocenters. The fourth-order valence-corrected chi connectivity index (χ4v) is 3.43. The van der Waals surface area contributed by atoms with Gasteiger partial charge in [0.15, 0.2) is 5.65 Å². The minimum absolute atomic E-state index is 0.0770. The third-order valence-corrected chi connectivity index (χ3v) is 4.66. The van der Waals surface area contributed by atoms with E-state index in [9.17, 15) is 18.0 Å². The van der Waals surface area contributed by atoms with Crippen molar-refractivity contribution in [3.8, 4) is 22.3 Å². The topological polar surface area (TPSA) is 50.2 Å². The smallest absolute Gasteiger partial charge is 0.284 e. The Labute approximate surface area is 162 Å². The van der Waals surface area contributed by atoms with Gasteiger partial charge < -0.3 is 0 Å². The number of hydrogen-bond acceptors (Lipinski definition) is 2. The second-order valence-corrected chi connectivity index (χ2v) is 6.71. The summed E-state index contributed by atoms with van der Waals surface area (Å²) in [5.41, 5.74) is -0.579. The van der Waals surface area contributed by atoms with Crippen molar-refractivity contribution in [2.75, 3.05) is 0 Å². The summed E-state index contributed by atoms with van der Waals surface area (Å²) in [5, 5.41) is 2.62. The summed E-state index contributed by atoms with van der Waals surface area (Å²) < 4.78 is 41.9. The molecule has 8 heteroatoms. The van der Waals surface area contributed by atoms with Crippen LogP contribution in [0.1, 0.15) is 11.4 Å². The Bertz CT molecular complexity index is 1240. The van der Waals surface area contributed by atoms with Crippen molar-refractivity contribution >= 4 is 17.2 Å². The van der Waals surface area contributed by atoms with Gasteiger partial charge >= 0.3 is 6.18 Å². The number of hydrogen-bond donors (Lipinski definition) is 1. The number of fused-ring (bicyclic) bond motifs is 1. The number of rotatable bonds is 2. The Balaban J connectivity index is 2.10. The summed E-state index contributed by atoms with van der Waals surface area (Å²) in [6, 6.07) is 14.6. The molecule has 142 valence electrons. The molecule has 0 radical (unpaired) electrons. The van der Waals surface area contributed by atoms with E-state index in [4.69, 9.17) is 11.6 Å². The van der Waals surface area contributed by atoms with E-state index in [1.54, 1.807) is 61.5 Å². The molecule has 4 nitrogen and oxygen atoms in total. The van der Waals surface area contributed by atoms with Crippen molar-refractivity contribution in [2.24, 2.45) is 0 Å². The lowest BCUT2D eigenvalue weighted by Gasteiger charge is -2.08. The summed E-state index contributed by atoms with van der Waals surface area (Å²) in [6.45, 7) is 1.59. The molecule has 2 heterocycles. The van der Waals surface area contributed by atoms with Gasteiger partial charge in [0.2, 0.25) is 0 Å². The molecule has 0 aliphatic heterocycles. The van der Waals surface area contributed by atoms with Gasteiger partial charge in [-0.15, -0.1) is 0 Å². The molecule has 0 atom stereocenters. The highest BCUT2D eigenvalue weighted by molar-refractivity contribution is 6.30. The monoisotopic (exact) mass is 403 g/mol. The average Bonchev–Trinajstić information content (AvgIpc) is 3.02. The zero-order valence-corrected chi connectivity index (χ0v) is 15.3. The Hall–Kier alpha value is -3.06. The van der Waals surface area contributed by atoms with Crippen LogP contribution >= 0.6 is 11.6 Å². The van der Waals surface area contributed by atoms with Crippen molar-refractivity contribution in [1.82, 2.24) is 14.6 Å². The van der Waals surface area contributed by atoms with E-state index in [1.807, 2.05) is 0 Å². The highest BCUT2D eigenvalue weighted by atomic mass is 35.5. The minimum atomic E-state index is -4.69. The highest BCUT2D eigenvalue weighted by Gasteiger charge is 2.38. The maximum Gasteiger partial charge on any atom is 0.433 e. The third kappa shape index (κ3) is 2.97. The predicted molar refractivity (Wildman–Crippen MR) is 101 cm³/mol. The van der Waals surface area contributed by atoms with E-state index in [1.165, 1.54) is 0 Å². The number of H-pyrrole nitrogens is 1. The normalized spacial score (nSPS) is 11.9. The van der Waals surface area contributed by atoms with Crippen molar-refractivity contribution in [3.05, 3.63) is 81.4 Å². The molecule has 0 bridgehead atoms. The highest BCUT2D eigenvalue weighted by Crippen LogP contribution is 2.38. The Morgan fingerprint density at radius 3 is 2.32 bits per heavy atom. The molecule has 0 spiro atoms. The molecule has 0 saturated heterocycles. The molecule has 2 aromatic heterocycles. The lowest BCUT2D eigenvalue weighted by atomic mass is 10.0. The Morgan fingerprint density at radius 2 is 1.68 bits per heavy atom. The van der Waals surface area contributed by atoms with Crippen molar-refractivity contribution < 1.29 is 13.2 Å². The van der Waals surface area contributed by atoms with Gasteiger partial charge in [-0.25, -0.2) is 4.98 Å². The molecule has 4 rings (SSSR count). The van der Waals surface area contributed by atoms with Crippen molar-refractivity contribution in [1.29, 1.82) is 0 Å². The van der Waals surface area contributed by atoms with Crippen LogP contribution in [0.2, 0.25) is 5.02 Å². The molecule has 0 saturated carbocycles. The van der Waals surface area contributed by atoms with E-state index < -0.39 is 17.4 Å². The van der Waals surface area contributed by atoms with Crippen LogP contribution in [0.15, 0.2) is 59.4 Å². The Kier molecular flexibility index (Phi) is 4.27. The molecule has 0 aliphatic rings. The van der Waals surface area contributed by atoms with E-state index in [-0.39, 0.29) is 16.8 Å². The van der Waals surface area contributed by atoms with Crippen LogP contribution in [0, 0.1) is 6.92 Å². The van der Waals surface area contributed by atoms with Gasteiger partial charge in [0.25, 0.3) is 5.56 Å². The van der Waals surface area contributed by atoms with Gasteiger partial charge in [-0.2, -0.15) is 17.7 Å². The second kappa shape index (κ2) is 6.53. The first kappa shape index (κ1) is 18.3.